The van der Waals surface area contributed by atoms with Gasteiger partial charge in [0.1, 0.15) is 0 Å². The third kappa shape index (κ3) is 1.66. The Kier molecular flexibility index (Phi) is 2.70. The summed E-state index contributed by atoms with van der Waals surface area (Å²) in [5.41, 5.74) is 3.14. The molecule has 2 bridgehead atoms. The van der Waals surface area contributed by atoms with Crippen LogP contribution in [-0.4, -0.2) is 36.2 Å². The first-order chi connectivity index (χ1) is 7.88. The van der Waals surface area contributed by atoms with Crippen LogP contribution in [0.2, 0.25) is 0 Å². The van der Waals surface area contributed by atoms with Crippen molar-refractivity contribution >= 4 is 0 Å². The smallest absolute Gasteiger partial charge is 0.0558 e. The summed E-state index contributed by atoms with van der Waals surface area (Å²) >= 11 is 0. The van der Waals surface area contributed by atoms with Gasteiger partial charge >= 0.3 is 0 Å². The molecule has 0 amide bonds. The molecule has 2 unspecified atom stereocenters. The molecule has 0 saturated carbocycles. The lowest BCUT2D eigenvalue weighted by Gasteiger charge is -2.26. The molecule has 1 N–H and O–H groups in total. The Labute approximate surface area is 96.9 Å². The van der Waals surface area contributed by atoms with Crippen molar-refractivity contribution in [1.29, 1.82) is 0 Å². The molecule has 4 rings (SSSR count). The highest BCUT2D eigenvalue weighted by Crippen LogP contribution is 2.42. The van der Waals surface area contributed by atoms with Crippen molar-refractivity contribution in [3.63, 3.8) is 0 Å². The van der Waals surface area contributed by atoms with Gasteiger partial charge in [0.2, 0.25) is 0 Å². The van der Waals surface area contributed by atoms with Gasteiger partial charge in [0.25, 0.3) is 0 Å². The molecule has 2 atom stereocenters. The molecule has 1 saturated heterocycles. The molecule has 16 heavy (non-hydrogen) atoms. The largest absolute Gasteiger partial charge is 0.395 e. The molecule has 86 valence electrons. The number of hydrogen-bond donors (Lipinski definition) is 1. The number of aliphatic hydroxyl groups excluding tert-OH is 1. The van der Waals surface area contributed by atoms with Crippen molar-refractivity contribution in [1.82, 2.24) is 4.90 Å². The second-order valence-corrected chi connectivity index (χ2v) is 5.08. The highest BCUT2D eigenvalue weighted by atomic mass is 16.3. The first kappa shape index (κ1) is 10.3. The SMILES string of the molecule is OCCN1CC2CCC(C1)c1ccccc12. The van der Waals surface area contributed by atoms with E-state index >= 15 is 0 Å². The number of benzene rings is 1. The van der Waals surface area contributed by atoms with Crippen molar-refractivity contribution in [2.45, 2.75) is 24.7 Å². The van der Waals surface area contributed by atoms with Gasteiger partial charge in [-0.1, -0.05) is 24.3 Å². The van der Waals surface area contributed by atoms with Gasteiger partial charge < -0.3 is 5.11 Å². The topological polar surface area (TPSA) is 23.5 Å². The van der Waals surface area contributed by atoms with Gasteiger partial charge in [-0.05, 0) is 35.8 Å². The average molecular weight is 217 g/mol. The molecule has 2 nitrogen and oxygen atoms in total. The van der Waals surface area contributed by atoms with E-state index in [1.807, 2.05) is 0 Å². The van der Waals surface area contributed by atoms with Crippen LogP contribution in [0.5, 0.6) is 0 Å². The lowest BCUT2D eigenvalue weighted by atomic mass is 9.78. The maximum Gasteiger partial charge on any atom is 0.0558 e. The van der Waals surface area contributed by atoms with E-state index in [0.717, 1.165) is 19.6 Å². The second kappa shape index (κ2) is 4.19. The fraction of sp³-hybridized carbons (Fsp3) is 0.571. The molecule has 2 heteroatoms. The van der Waals surface area contributed by atoms with Crippen molar-refractivity contribution in [2.24, 2.45) is 0 Å². The molecule has 2 aliphatic heterocycles. The summed E-state index contributed by atoms with van der Waals surface area (Å²) in [4.78, 5) is 2.43. The summed E-state index contributed by atoms with van der Waals surface area (Å²) in [6, 6.07) is 8.93. The first-order valence-electron chi connectivity index (χ1n) is 6.30. The van der Waals surface area contributed by atoms with Crippen LogP contribution in [0.15, 0.2) is 24.3 Å². The summed E-state index contributed by atoms with van der Waals surface area (Å²) in [5.74, 6) is 1.39. The molecule has 0 radical (unpaired) electrons. The minimum atomic E-state index is 0.287. The van der Waals surface area contributed by atoms with Crippen LogP contribution in [0, 0.1) is 0 Å². The normalized spacial score (nSPS) is 28.8. The summed E-state index contributed by atoms with van der Waals surface area (Å²) in [6.45, 7) is 3.39. The van der Waals surface area contributed by atoms with Crippen LogP contribution in [0.25, 0.3) is 0 Å². The van der Waals surface area contributed by atoms with Gasteiger partial charge in [0.05, 0.1) is 6.61 Å². The van der Waals surface area contributed by atoms with Gasteiger partial charge in [-0.3, -0.25) is 4.90 Å². The Bertz CT molecular complexity index is 344. The molecule has 3 aliphatic rings. The Morgan fingerprint density at radius 1 is 1.06 bits per heavy atom. The fourth-order valence-electron chi connectivity index (χ4n) is 3.37. The van der Waals surface area contributed by atoms with Crippen LogP contribution in [0.4, 0.5) is 0 Å². The van der Waals surface area contributed by atoms with E-state index in [9.17, 15) is 0 Å². The molecule has 1 aliphatic carbocycles. The predicted molar refractivity (Wildman–Crippen MR) is 64.7 cm³/mol. The summed E-state index contributed by atoms with van der Waals surface area (Å²) < 4.78 is 0. The zero-order valence-electron chi connectivity index (χ0n) is 9.60. The number of fused-ring (bicyclic) bond motifs is 3. The quantitative estimate of drug-likeness (QED) is 0.818. The second-order valence-electron chi connectivity index (χ2n) is 5.08. The molecular weight excluding hydrogens is 198 g/mol. The number of nitrogens with zero attached hydrogens (tertiary/aromatic N) is 1. The molecule has 0 spiro atoms. The van der Waals surface area contributed by atoms with Gasteiger partial charge in [0, 0.05) is 19.6 Å². The maximum atomic E-state index is 9.08. The minimum absolute atomic E-state index is 0.287. The van der Waals surface area contributed by atoms with E-state index < -0.39 is 0 Å². The first-order valence-corrected chi connectivity index (χ1v) is 6.30. The summed E-state index contributed by atoms with van der Waals surface area (Å²) in [5, 5.41) is 9.08. The van der Waals surface area contributed by atoms with E-state index in [-0.39, 0.29) is 6.61 Å². The van der Waals surface area contributed by atoms with E-state index in [0.29, 0.717) is 11.8 Å². The predicted octanol–water partition coefficient (Wildman–Crippen LogP) is 1.96. The van der Waals surface area contributed by atoms with Crippen molar-refractivity contribution < 1.29 is 5.11 Å². The van der Waals surface area contributed by atoms with Crippen molar-refractivity contribution in [2.75, 3.05) is 26.2 Å². The summed E-state index contributed by atoms with van der Waals surface area (Å²) in [6.07, 6.45) is 2.65. The maximum absolute atomic E-state index is 9.08. The third-order valence-corrected chi connectivity index (χ3v) is 4.11. The van der Waals surface area contributed by atoms with Crippen LogP contribution in [-0.2, 0) is 0 Å². The van der Waals surface area contributed by atoms with Crippen molar-refractivity contribution in [3.8, 4) is 0 Å². The Morgan fingerprint density at radius 3 is 2.12 bits per heavy atom. The number of hydrogen-bond acceptors (Lipinski definition) is 2. The van der Waals surface area contributed by atoms with E-state index in [1.54, 1.807) is 11.1 Å². The molecule has 2 heterocycles. The van der Waals surface area contributed by atoms with Gasteiger partial charge in [0.15, 0.2) is 0 Å². The minimum Gasteiger partial charge on any atom is -0.395 e. The lowest BCUT2D eigenvalue weighted by Crippen LogP contribution is -2.30. The number of aliphatic hydroxyl groups is 1. The van der Waals surface area contributed by atoms with Crippen LogP contribution >= 0.6 is 0 Å². The fourth-order valence-corrected chi connectivity index (χ4v) is 3.37. The molecule has 1 aromatic rings. The summed E-state index contributed by atoms with van der Waals surface area (Å²) in [7, 11) is 0. The Hall–Kier alpha value is -0.860. The molecular formula is C14H19NO. The van der Waals surface area contributed by atoms with E-state index in [1.165, 1.54) is 12.8 Å². The Balaban J connectivity index is 1.93. The third-order valence-electron chi connectivity index (χ3n) is 4.11. The average Bonchev–Trinajstić information content (AvgIpc) is 2.60. The van der Waals surface area contributed by atoms with E-state index in [2.05, 4.69) is 29.2 Å². The highest BCUT2D eigenvalue weighted by Gasteiger charge is 2.33. The Morgan fingerprint density at radius 2 is 1.62 bits per heavy atom. The molecule has 1 fully saturated rings. The van der Waals surface area contributed by atoms with Crippen LogP contribution in [0.1, 0.15) is 35.8 Å². The zero-order valence-corrected chi connectivity index (χ0v) is 9.60. The monoisotopic (exact) mass is 217 g/mol. The standard InChI is InChI=1S/C14H19NO/c16-8-7-15-9-11-5-6-12(10-15)14-4-2-1-3-13(11)14/h1-4,11-12,16H,5-10H2. The number of rotatable bonds is 2. The van der Waals surface area contributed by atoms with Gasteiger partial charge in [-0.25, -0.2) is 0 Å². The zero-order chi connectivity index (χ0) is 11.0. The molecule has 1 aromatic carbocycles. The van der Waals surface area contributed by atoms with Crippen LogP contribution in [0.3, 0.4) is 0 Å². The lowest BCUT2D eigenvalue weighted by molar-refractivity contribution is 0.194. The van der Waals surface area contributed by atoms with E-state index in [4.69, 9.17) is 5.11 Å². The van der Waals surface area contributed by atoms with Gasteiger partial charge in [-0.15, -0.1) is 0 Å². The van der Waals surface area contributed by atoms with Crippen molar-refractivity contribution in [3.05, 3.63) is 35.4 Å². The van der Waals surface area contributed by atoms with Crippen LogP contribution < -0.4 is 0 Å². The van der Waals surface area contributed by atoms with Gasteiger partial charge in [-0.2, -0.15) is 0 Å². The highest BCUT2D eigenvalue weighted by molar-refractivity contribution is 5.37. The molecule has 0 aromatic heterocycles.